The summed E-state index contributed by atoms with van der Waals surface area (Å²) in [7, 11) is 0. The molecule has 166 valence electrons. The quantitative estimate of drug-likeness (QED) is 0.709. The molecule has 2 aromatic carbocycles. The minimum absolute atomic E-state index is 0.135. The van der Waals surface area contributed by atoms with Gasteiger partial charge in [0.05, 0.1) is 11.2 Å². The average molecular weight is 448 g/mol. The number of amides is 2. The van der Waals surface area contributed by atoms with Crippen LogP contribution in [0.25, 0.3) is 0 Å². The number of benzene rings is 2. The van der Waals surface area contributed by atoms with Crippen molar-refractivity contribution in [1.29, 1.82) is 0 Å². The molecule has 1 aliphatic heterocycles. The number of hydrogen-bond donors (Lipinski definition) is 2. The highest BCUT2D eigenvalue weighted by Gasteiger charge is 2.39. The van der Waals surface area contributed by atoms with Crippen molar-refractivity contribution in [2.75, 3.05) is 25.0 Å². The molecule has 8 heteroatoms. The topological polar surface area (TPSA) is 70.7 Å². The third kappa shape index (κ3) is 5.95. The van der Waals surface area contributed by atoms with E-state index in [4.69, 9.17) is 16.3 Å². The van der Waals surface area contributed by atoms with Gasteiger partial charge in [0.25, 0.3) is 5.91 Å². The molecule has 1 heterocycles. The molecule has 31 heavy (non-hydrogen) atoms. The van der Waals surface area contributed by atoms with Crippen LogP contribution in [0.1, 0.15) is 26.3 Å². The second-order valence-corrected chi connectivity index (χ2v) is 8.63. The third-order valence-corrected chi connectivity index (χ3v) is 5.58. The maximum atomic E-state index is 13.3. The van der Waals surface area contributed by atoms with E-state index in [1.807, 2.05) is 18.7 Å². The molecular formula is C23H27ClFN3O3. The first kappa shape index (κ1) is 23.0. The van der Waals surface area contributed by atoms with Gasteiger partial charge < -0.3 is 20.3 Å². The highest BCUT2D eigenvalue weighted by molar-refractivity contribution is 6.31. The van der Waals surface area contributed by atoms with E-state index in [0.29, 0.717) is 36.0 Å². The SMILES string of the molecule is CC(=O)Nc1cc(Cl)ccc1OCC(=O)N1C[C@@H](C)NC[C@]1(C)Cc1ccc(F)cc1. The number of ether oxygens (including phenoxy) is 1. The van der Waals surface area contributed by atoms with E-state index in [0.717, 1.165) is 5.56 Å². The fourth-order valence-corrected chi connectivity index (χ4v) is 3.96. The molecule has 2 aromatic rings. The lowest BCUT2D eigenvalue weighted by Crippen LogP contribution is -2.65. The Kier molecular flexibility index (Phi) is 7.18. The number of carbonyl (C=O) groups excluding carboxylic acids is 2. The second kappa shape index (κ2) is 9.66. The molecule has 0 spiro atoms. The van der Waals surface area contributed by atoms with Gasteiger partial charge in [0, 0.05) is 31.1 Å². The fraction of sp³-hybridized carbons (Fsp3) is 0.391. The minimum atomic E-state index is -0.495. The van der Waals surface area contributed by atoms with Crippen LogP contribution in [-0.2, 0) is 16.0 Å². The van der Waals surface area contributed by atoms with E-state index >= 15 is 0 Å². The number of anilines is 1. The van der Waals surface area contributed by atoms with Crippen LogP contribution in [0.2, 0.25) is 5.02 Å². The Morgan fingerprint density at radius 2 is 2.00 bits per heavy atom. The summed E-state index contributed by atoms with van der Waals surface area (Å²) >= 11 is 6.01. The van der Waals surface area contributed by atoms with Crippen LogP contribution >= 0.6 is 11.6 Å². The van der Waals surface area contributed by atoms with Crippen molar-refractivity contribution in [3.05, 3.63) is 58.9 Å². The summed E-state index contributed by atoms with van der Waals surface area (Å²) in [6.45, 7) is 6.37. The Hall–Kier alpha value is -2.64. The van der Waals surface area contributed by atoms with Crippen molar-refractivity contribution in [3.63, 3.8) is 0 Å². The molecule has 3 rings (SSSR count). The standard InChI is InChI=1S/C23H27ClFN3O3/c1-15-12-28(23(3,14-26-15)11-17-4-7-19(25)8-5-17)22(30)13-31-21-9-6-18(24)10-20(21)27-16(2)29/h4-10,15,26H,11-14H2,1-3H3,(H,27,29)/t15-,23+/m1/s1. The average Bonchev–Trinajstić information content (AvgIpc) is 2.70. The van der Waals surface area contributed by atoms with Gasteiger partial charge in [-0.15, -0.1) is 0 Å². The van der Waals surface area contributed by atoms with E-state index in [2.05, 4.69) is 10.6 Å². The monoisotopic (exact) mass is 447 g/mol. The molecule has 1 aliphatic rings. The van der Waals surface area contributed by atoms with Crippen LogP contribution in [0.5, 0.6) is 5.75 Å². The van der Waals surface area contributed by atoms with Crippen molar-refractivity contribution in [2.24, 2.45) is 0 Å². The Morgan fingerprint density at radius 1 is 1.29 bits per heavy atom. The number of halogens is 2. The largest absolute Gasteiger partial charge is 0.482 e. The lowest BCUT2D eigenvalue weighted by atomic mass is 9.88. The molecule has 0 unspecified atom stereocenters. The Labute approximate surface area is 186 Å². The van der Waals surface area contributed by atoms with Gasteiger partial charge >= 0.3 is 0 Å². The van der Waals surface area contributed by atoms with Crippen molar-refractivity contribution < 1.29 is 18.7 Å². The highest BCUT2D eigenvalue weighted by Crippen LogP contribution is 2.29. The van der Waals surface area contributed by atoms with Gasteiger partial charge in [-0.05, 0) is 56.2 Å². The zero-order valence-electron chi connectivity index (χ0n) is 17.9. The molecule has 2 N–H and O–H groups in total. The third-order valence-electron chi connectivity index (χ3n) is 5.34. The van der Waals surface area contributed by atoms with Gasteiger partial charge in [-0.3, -0.25) is 9.59 Å². The normalized spacial score (nSPS) is 20.9. The predicted molar refractivity (Wildman–Crippen MR) is 119 cm³/mol. The molecule has 0 aliphatic carbocycles. The van der Waals surface area contributed by atoms with Crippen molar-refractivity contribution in [3.8, 4) is 5.75 Å². The van der Waals surface area contributed by atoms with Gasteiger partial charge in [-0.25, -0.2) is 4.39 Å². The highest BCUT2D eigenvalue weighted by atomic mass is 35.5. The summed E-state index contributed by atoms with van der Waals surface area (Å²) < 4.78 is 19.1. The van der Waals surface area contributed by atoms with Crippen LogP contribution in [0.3, 0.4) is 0 Å². The first-order valence-corrected chi connectivity index (χ1v) is 10.5. The van der Waals surface area contributed by atoms with Gasteiger partial charge in [-0.1, -0.05) is 23.7 Å². The van der Waals surface area contributed by atoms with Crippen LogP contribution in [0.4, 0.5) is 10.1 Å². The molecule has 2 amide bonds. The lowest BCUT2D eigenvalue weighted by molar-refractivity contribution is -0.141. The molecule has 0 radical (unpaired) electrons. The van der Waals surface area contributed by atoms with E-state index in [9.17, 15) is 14.0 Å². The Balaban J connectivity index is 1.75. The number of nitrogens with zero attached hydrogens (tertiary/aromatic N) is 1. The second-order valence-electron chi connectivity index (χ2n) is 8.20. The first-order chi connectivity index (χ1) is 14.7. The van der Waals surface area contributed by atoms with Crippen molar-refractivity contribution >= 4 is 29.1 Å². The Bertz CT molecular complexity index is 954. The maximum Gasteiger partial charge on any atom is 0.261 e. The summed E-state index contributed by atoms with van der Waals surface area (Å²) in [5.41, 5.74) is 0.866. The van der Waals surface area contributed by atoms with Gasteiger partial charge in [0.15, 0.2) is 6.61 Å². The van der Waals surface area contributed by atoms with E-state index in [1.54, 1.807) is 30.3 Å². The van der Waals surface area contributed by atoms with Crippen molar-refractivity contribution in [1.82, 2.24) is 10.2 Å². The smallest absolute Gasteiger partial charge is 0.261 e. The lowest BCUT2D eigenvalue weighted by Gasteiger charge is -2.47. The van der Waals surface area contributed by atoms with Crippen LogP contribution < -0.4 is 15.4 Å². The maximum absolute atomic E-state index is 13.3. The van der Waals surface area contributed by atoms with Crippen molar-refractivity contribution in [2.45, 2.75) is 38.8 Å². The molecule has 0 aromatic heterocycles. The Morgan fingerprint density at radius 3 is 2.68 bits per heavy atom. The summed E-state index contributed by atoms with van der Waals surface area (Å²) in [6, 6.07) is 11.3. The van der Waals surface area contributed by atoms with Crippen LogP contribution in [-0.4, -0.2) is 48.0 Å². The van der Waals surface area contributed by atoms with E-state index < -0.39 is 5.54 Å². The molecule has 2 atom stereocenters. The minimum Gasteiger partial charge on any atom is -0.482 e. The number of piperazine rings is 1. The molecule has 1 saturated heterocycles. The molecule has 0 bridgehead atoms. The molecular weight excluding hydrogens is 421 g/mol. The zero-order chi connectivity index (χ0) is 22.6. The number of carbonyl (C=O) groups is 2. The summed E-state index contributed by atoms with van der Waals surface area (Å²) in [5.74, 6) is -0.345. The fourth-order valence-electron chi connectivity index (χ4n) is 3.78. The van der Waals surface area contributed by atoms with Gasteiger partial charge in [-0.2, -0.15) is 0 Å². The van der Waals surface area contributed by atoms with Crippen LogP contribution in [0, 0.1) is 5.82 Å². The van der Waals surface area contributed by atoms with E-state index in [1.165, 1.54) is 19.1 Å². The number of rotatable bonds is 6. The van der Waals surface area contributed by atoms with Crippen LogP contribution in [0.15, 0.2) is 42.5 Å². The zero-order valence-corrected chi connectivity index (χ0v) is 18.6. The summed E-state index contributed by atoms with van der Waals surface area (Å²) in [4.78, 5) is 26.5. The first-order valence-electron chi connectivity index (χ1n) is 10.1. The predicted octanol–water partition coefficient (Wildman–Crippen LogP) is 3.64. The van der Waals surface area contributed by atoms with Gasteiger partial charge in [0.1, 0.15) is 11.6 Å². The molecule has 6 nitrogen and oxygen atoms in total. The summed E-state index contributed by atoms with van der Waals surface area (Å²) in [6.07, 6.45) is 0.580. The molecule has 1 fully saturated rings. The van der Waals surface area contributed by atoms with E-state index in [-0.39, 0.29) is 30.3 Å². The molecule has 0 saturated carbocycles. The number of hydrogen-bond acceptors (Lipinski definition) is 4. The number of nitrogens with one attached hydrogen (secondary N) is 2. The summed E-state index contributed by atoms with van der Waals surface area (Å²) in [5, 5.41) is 6.54. The van der Waals surface area contributed by atoms with Gasteiger partial charge in [0.2, 0.25) is 5.91 Å².